The Kier molecular flexibility index (Phi) is 4.89. The van der Waals surface area contributed by atoms with Gasteiger partial charge in [0.2, 0.25) is 11.8 Å². The van der Waals surface area contributed by atoms with Crippen LogP contribution in [0.3, 0.4) is 0 Å². The van der Waals surface area contributed by atoms with Gasteiger partial charge in [-0.25, -0.2) is 14.6 Å². The summed E-state index contributed by atoms with van der Waals surface area (Å²) < 4.78 is 0. The Morgan fingerprint density at radius 2 is 0.862 bits per heavy atom. The number of imide groups is 2. The summed E-state index contributed by atoms with van der Waals surface area (Å²) in [7, 11) is 0. The zero-order valence-electron chi connectivity index (χ0n) is 18.4. The minimum Gasteiger partial charge on any atom is -0.273 e. The third-order valence-electron chi connectivity index (χ3n) is 5.58. The number of carbonyl (C=O) groups is 3. The average molecular weight is 392 g/mol. The lowest BCUT2D eigenvalue weighted by Crippen LogP contribution is -2.64. The number of rotatable bonds is 2. The van der Waals surface area contributed by atoms with Crippen molar-refractivity contribution in [1.29, 1.82) is 0 Å². The van der Waals surface area contributed by atoms with E-state index in [4.69, 9.17) is 0 Å². The van der Waals surface area contributed by atoms with Gasteiger partial charge in [-0.1, -0.05) is 35.4 Å². The molecule has 152 valence electrons. The number of hydrogen-bond donors (Lipinski definition) is 0. The van der Waals surface area contributed by atoms with E-state index >= 15 is 0 Å². The molecule has 1 heterocycles. The van der Waals surface area contributed by atoms with Gasteiger partial charge in [-0.2, -0.15) is 0 Å². The summed E-state index contributed by atoms with van der Waals surface area (Å²) in [6.45, 7) is 14.6. The fraction of sp³-hybridized carbons (Fsp3) is 0.375. The molecule has 0 aromatic heterocycles. The monoisotopic (exact) mass is 392 g/mol. The van der Waals surface area contributed by atoms with E-state index in [0.717, 1.165) is 33.4 Å². The number of nitrogens with zero attached hydrogens (tertiary/aromatic N) is 2. The Morgan fingerprint density at radius 3 is 1.14 bits per heavy atom. The van der Waals surface area contributed by atoms with Gasteiger partial charge >= 0.3 is 6.03 Å². The van der Waals surface area contributed by atoms with Crippen molar-refractivity contribution in [1.82, 2.24) is 0 Å². The zero-order valence-corrected chi connectivity index (χ0v) is 18.4. The van der Waals surface area contributed by atoms with Crippen molar-refractivity contribution >= 4 is 29.2 Å². The minimum atomic E-state index is -1.36. The second kappa shape index (κ2) is 6.83. The lowest BCUT2D eigenvalue weighted by Gasteiger charge is -2.42. The predicted molar refractivity (Wildman–Crippen MR) is 115 cm³/mol. The van der Waals surface area contributed by atoms with Crippen molar-refractivity contribution in [2.24, 2.45) is 5.41 Å². The molecule has 0 unspecified atom stereocenters. The van der Waals surface area contributed by atoms with Gasteiger partial charge in [0, 0.05) is 0 Å². The Hall–Kier alpha value is -2.95. The predicted octanol–water partition coefficient (Wildman–Crippen LogP) is 5.06. The number of urea groups is 1. The van der Waals surface area contributed by atoms with Crippen molar-refractivity contribution < 1.29 is 14.4 Å². The lowest BCUT2D eigenvalue weighted by atomic mass is 9.86. The molecule has 29 heavy (non-hydrogen) atoms. The molecule has 5 heteroatoms. The van der Waals surface area contributed by atoms with Crippen molar-refractivity contribution in [3.8, 4) is 0 Å². The van der Waals surface area contributed by atoms with Gasteiger partial charge in [0.25, 0.3) is 0 Å². The van der Waals surface area contributed by atoms with Crippen LogP contribution in [-0.4, -0.2) is 17.8 Å². The lowest BCUT2D eigenvalue weighted by molar-refractivity contribution is -0.138. The first-order chi connectivity index (χ1) is 13.4. The fourth-order valence-corrected chi connectivity index (χ4v) is 4.37. The normalized spacial score (nSPS) is 16.6. The molecular weight excluding hydrogens is 364 g/mol. The van der Waals surface area contributed by atoms with Crippen LogP contribution in [0.1, 0.15) is 47.2 Å². The van der Waals surface area contributed by atoms with Crippen LogP contribution in [0, 0.1) is 47.0 Å². The Balaban J connectivity index is 2.28. The number of anilines is 2. The number of aryl methyl sites for hydroxylation is 6. The van der Waals surface area contributed by atoms with Crippen LogP contribution < -0.4 is 9.80 Å². The highest BCUT2D eigenvalue weighted by Gasteiger charge is 2.53. The molecule has 0 radical (unpaired) electrons. The smallest absolute Gasteiger partial charge is 0.273 e. The first-order valence-electron chi connectivity index (χ1n) is 9.76. The quantitative estimate of drug-likeness (QED) is 0.671. The van der Waals surface area contributed by atoms with E-state index in [1.54, 1.807) is 13.8 Å². The van der Waals surface area contributed by atoms with Crippen molar-refractivity contribution in [2.75, 3.05) is 9.80 Å². The van der Waals surface area contributed by atoms with E-state index in [9.17, 15) is 14.4 Å². The molecule has 0 N–H and O–H groups in total. The largest absolute Gasteiger partial charge is 0.342 e. The van der Waals surface area contributed by atoms with E-state index in [1.807, 2.05) is 65.8 Å². The first kappa shape index (κ1) is 20.8. The summed E-state index contributed by atoms with van der Waals surface area (Å²) >= 11 is 0. The van der Waals surface area contributed by atoms with Gasteiger partial charge in [0.1, 0.15) is 5.41 Å². The Labute approximate surface area is 172 Å². The number of hydrogen-bond acceptors (Lipinski definition) is 3. The van der Waals surface area contributed by atoms with E-state index in [2.05, 4.69) is 0 Å². The third kappa shape index (κ3) is 3.15. The zero-order chi connectivity index (χ0) is 21.8. The summed E-state index contributed by atoms with van der Waals surface area (Å²) in [4.78, 5) is 42.6. The van der Waals surface area contributed by atoms with Crippen LogP contribution in [0.15, 0.2) is 24.3 Å². The standard InChI is InChI=1S/C24H28N2O3/c1-13-9-15(3)19(16(4)10-13)25-21(27)24(7,8)22(28)26(23(25)29)20-17(5)11-14(2)12-18(20)6/h9-12H,1-8H3. The molecular formula is C24H28N2O3. The molecule has 0 spiro atoms. The molecule has 5 nitrogen and oxygen atoms in total. The van der Waals surface area contributed by atoms with Crippen LogP contribution in [0.5, 0.6) is 0 Å². The molecule has 0 bridgehead atoms. The second-order valence-electron chi connectivity index (χ2n) is 8.68. The van der Waals surface area contributed by atoms with Gasteiger partial charge in [0.05, 0.1) is 11.4 Å². The number of amides is 4. The number of carbonyl (C=O) groups excluding carboxylic acids is 3. The average Bonchev–Trinajstić information content (AvgIpc) is 2.58. The van der Waals surface area contributed by atoms with Gasteiger partial charge in [-0.15, -0.1) is 0 Å². The molecule has 1 fully saturated rings. The van der Waals surface area contributed by atoms with Crippen LogP contribution in [0.4, 0.5) is 16.2 Å². The molecule has 0 atom stereocenters. The molecule has 2 aromatic rings. The van der Waals surface area contributed by atoms with E-state index in [0.29, 0.717) is 11.4 Å². The van der Waals surface area contributed by atoms with Crippen LogP contribution in [0.25, 0.3) is 0 Å². The molecule has 1 aliphatic rings. The minimum absolute atomic E-state index is 0.499. The van der Waals surface area contributed by atoms with Gasteiger partial charge < -0.3 is 0 Å². The fourth-order valence-electron chi connectivity index (χ4n) is 4.37. The second-order valence-corrected chi connectivity index (χ2v) is 8.68. The SMILES string of the molecule is Cc1cc(C)c(N2C(=O)N(c3c(C)cc(C)cc3C)C(=O)C(C)(C)C2=O)c(C)c1. The summed E-state index contributed by atoms with van der Waals surface area (Å²) in [5, 5.41) is 0. The van der Waals surface area contributed by atoms with Crippen LogP contribution in [-0.2, 0) is 9.59 Å². The summed E-state index contributed by atoms with van der Waals surface area (Å²) in [6.07, 6.45) is 0. The maximum atomic E-state index is 13.6. The van der Waals surface area contributed by atoms with E-state index < -0.39 is 23.3 Å². The maximum absolute atomic E-state index is 13.6. The van der Waals surface area contributed by atoms with Gasteiger partial charge in [-0.05, 0) is 77.6 Å². The highest BCUT2D eigenvalue weighted by molar-refractivity contribution is 6.38. The van der Waals surface area contributed by atoms with E-state index in [1.165, 1.54) is 9.80 Å². The Morgan fingerprint density at radius 1 is 0.586 bits per heavy atom. The molecule has 3 rings (SSSR count). The third-order valence-corrected chi connectivity index (χ3v) is 5.58. The van der Waals surface area contributed by atoms with Crippen molar-refractivity contribution in [2.45, 2.75) is 55.4 Å². The molecule has 1 saturated heterocycles. The highest BCUT2D eigenvalue weighted by Crippen LogP contribution is 2.39. The number of benzene rings is 2. The molecule has 0 saturated carbocycles. The Bertz CT molecular complexity index is 938. The molecule has 1 aliphatic heterocycles. The van der Waals surface area contributed by atoms with Crippen molar-refractivity contribution in [3.05, 3.63) is 57.6 Å². The topological polar surface area (TPSA) is 57.7 Å². The summed E-state index contributed by atoms with van der Waals surface area (Å²) in [6, 6.07) is 7.15. The van der Waals surface area contributed by atoms with Crippen LogP contribution >= 0.6 is 0 Å². The first-order valence-corrected chi connectivity index (χ1v) is 9.76. The highest BCUT2D eigenvalue weighted by atomic mass is 16.2. The molecule has 0 aliphatic carbocycles. The van der Waals surface area contributed by atoms with Crippen molar-refractivity contribution in [3.63, 3.8) is 0 Å². The van der Waals surface area contributed by atoms with Crippen LogP contribution in [0.2, 0.25) is 0 Å². The van der Waals surface area contributed by atoms with E-state index in [-0.39, 0.29) is 0 Å². The molecule has 2 aromatic carbocycles. The number of barbiturate groups is 1. The van der Waals surface area contributed by atoms with Gasteiger partial charge in [-0.3, -0.25) is 9.59 Å². The van der Waals surface area contributed by atoms with Gasteiger partial charge in [0.15, 0.2) is 0 Å². The maximum Gasteiger partial charge on any atom is 0.342 e. The molecule has 4 amide bonds. The summed E-state index contributed by atoms with van der Waals surface area (Å²) in [5.41, 5.74) is 5.16. The summed E-state index contributed by atoms with van der Waals surface area (Å²) in [5.74, 6) is -0.998.